The lowest BCUT2D eigenvalue weighted by Gasteiger charge is -2.23. The Morgan fingerprint density at radius 3 is 2.73 bits per heavy atom. The molecule has 0 atom stereocenters. The number of non-ortho nitro benzene ring substituents is 1. The quantitative estimate of drug-likeness (QED) is 0.576. The molecule has 110 valence electrons. The first kappa shape index (κ1) is 14.6. The van der Waals surface area contributed by atoms with E-state index in [1.54, 1.807) is 23.9 Å². The Morgan fingerprint density at radius 2 is 1.95 bits per heavy atom. The van der Waals surface area contributed by atoms with Gasteiger partial charge in [0.15, 0.2) is 0 Å². The van der Waals surface area contributed by atoms with Crippen molar-refractivity contribution >= 4 is 23.0 Å². The predicted molar refractivity (Wildman–Crippen MR) is 90.8 cm³/mol. The number of hydrogen-bond acceptors (Lipinski definition) is 3. The average molecular weight is 309 g/mol. The molecular weight excluding hydrogens is 294 g/mol. The molecule has 0 bridgehead atoms. The van der Waals surface area contributed by atoms with Gasteiger partial charge in [-0.2, -0.15) is 0 Å². The number of benzene rings is 2. The Bertz CT molecular complexity index is 808. The van der Waals surface area contributed by atoms with Gasteiger partial charge in [0, 0.05) is 21.9 Å². The van der Waals surface area contributed by atoms with Crippen molar-refractivity contribution in [2.24, 2.45) is 0 Å². The number of rotatable bonds is 3. The van der Waals surface area contributed by atoms with Gasteiger partial charge in [0.2, 0.25) is 0 Å². The standard InChI is InChI=1S/C18H15NO2S/c1-12-13(2)22-18-9-4-3-8-16(18)17(12)11-14-6-5-7-15(10-14)19(20)21/h3-10H,2,11H2,1H3. The molecule has 1 aliphatic rings. The van der Waals surface area contributed by atoms with Crippen LogP contribution in [-0.2, 0) is 6.42 Å². The maximum Gasteiger partial charge on any atom is 0.269 e. The molecule has 0 unspecified atom stereocenters. The SMILES string of the molecule is C=C1Sc2ccccc2C(Cc2cccc([N+](=O)[O-])c2)=C1C. The van der Waals surface area contributed by atoms with E-state index in [-0.39, 0.29) is 10.6 Å². The molecule has 0 saturated carbocycles. The second kappa shape index (κ2) is 5.81. The molecule has 0 saturated heterocycles. The van der Waals surface area contributed by atoms with Crippen LogP contribution in [0.25, 0.3) is 5.57 Å². The van der Waals surface area contributed by atoms with Gasteiger partial charge in [-0.05, 0) is 41.7 Å². The molecule has 1 aliphatic heterocycles. The van der Waals surface area contributed by atoms with Crippen LogP contribution in [0.5, 0.6) is 0 Å². The van der Waals surface area contributed by atoms with E-state index in [2.05, 4.69) is 25.6 Å². The molecule has 3 rings (SSSR count). The highest BCUT2D eigenvalue weighted by Gasteiger charge is 2.20. The highest BCUT2D eigenvalue weighted by atomic mass is 32.2. The number of fused-ring (bicyclic) bond motifs is 1. The molecule has 0 N–H and O–H groups in total. The van der Waals surface area contributed by atoms with Crippen molar-refractivity contribution in [2.45, 2.75) is 18.2 Å². The highest BCUT2D eigenvalue weighted by molar-refractivity contribution is 8.03. The summed E-state index contributed by atoms with van der Waals surface area (Å²) >= 11 is 1.68. The summed E-state index contributed by atoms with van der Waals surface area (Å²) in [5, 5.41) is 10.9. The predicted octanol–water partition coefficient (Wildman–Crippen LogP) is 5.23. The fraction of sp³-hybridized carbons (Fsp3) is 0.111. The fourth-order valence-corrected chi connectivity index (χ4v) is 3.59. The fourth-order valence-electron chi connectivity index (χ4n) is 2.60. The van der Waals surface area contributed by atoms with E-state index >= 15 is 0 Å². The number of nitro benzene ring substituents is 1. The van der Waals surface area contributed by atoms with E-state index in [4.69, 9.17) is 0 Å². The minimum Gasteiger partial charge on any atom is -0.258 e. The van der Waals surface area contributed by atoms with Gasteiger partial charge in [0.05, 0.1) is 4.92 Å². The third kappa shape index (κ3) is 2.70. The maximum atomic E-state index is 10.9. The monoisotopic (exact) mass is 309 g/mol. The van der Waals surface area contributed by atoms with Gasteiger partial charge in [0.25, 0.3) is 5.69 Å². The van der Waals surface area contributed by atoms with Crippen LogP contribution in [0.2, 0.25) is 0 Å². The van der Waals surface area contributed by atoms with Crippen LogP contribution in [0.4, 0.5) is 5.69 Å². The first-order chi connectivity index (χ1) is 10.6. The van der Waals surface area contributed by atoms with Crippen LogP contribution in [0.3, 0.4) is 0 Å². The summed E-state index contributed by atoms with van der Waals surface area (Å²) in [6.45, 7) is 6.20. The van der Waals surface area contributed by atoms with E-state index in [9.17, 15) is 10.1 Å². The number of allylic oxidation sites excluding steroid dienone is 2. The molecular formula is C18H15NO2S. The van der Waals surface area contributed by atoms with Gasteiger partial charge >= 0.3 is 0 Å². The smallest absolute Gasteiger partial charge is 0.258 e. The van der Waals surface area contributed by atoms with Crippen LogP contribution in [0, 0.1) is 10.1 Å². The Hall–Kier alpha value is -2.33. The van der Waals surface area contributed by atoms with E-state index in [1.165, 1.54) is 22.1 Å². The molecule has 1 heterocycles. The minimum atomic E-state index is -0.353. The second-order valence-electron chi connectivity index (χ2n) is 5.23. The van der Waals surface area contributed by atoms with Crippen LogP contribution >= 0.6 is 11.8 Å². The van der Waals surface area contributed by atoms with Crippen LogP contribution in [0.1, 0.15) is 18.1 Å². The Morgan fingerprint density at radius 1 is 1.18 bits per heavy atom. The van der Waals surface area contributed by atoms with Crippen LogP contribution in [0.15, 0.2) is 70.5 Å². The summed E-state index contributed by atoms with van der Waals surface area (Å²) in [6, 6.07) is 15.1. The summed E-state index contributed by atoms with van der Waals surface area (Å²) in [5.74, 6) is 0. The lowest BCUT2D eigenvalue weighted by molar-refractivity contribution is -0.384. The Kier molecular flexibility index (Phi) is 3.86. The van der Waals surface area contributed by atoms with Crippen molar-refractivity contribution < 1.29 is 4.92 Å². The van der Waals surface area contributed by atoms with Crippen molar-refractivity contribution in [2.75, 3.05) is 0 Å². The van der Waals surface area contributed by atoms with Gasteiger partial charge in [-0.15, -0.1) is 0 Å². The van der Waals surface area contributed by atoms with E-state index in [1.807, 2.05) is 18.2 Å². The van der Waals surface area contributed by atoms with Gasteiger partial charge in [-0.25, -0.2) is 0 Å². The van der Waals surface area contributed by atoms with E-state index in [0.29, 0.717) is 6.42 Å². The molecule has 0 aromatic heterocycles. The van der Waals surface area contributed by atoms with Crippen molar-refractivity contribution in [1.82, 2.24) is 0 Å². The normalized spacial score (nSPS) is 14.0. The Balaban J connectivity index is 2.03. The van der Waals surface area contributed by atoms with Gasteiger partial charge in [-0.3, -0.25) is 10.1 Å². The number of thioether (sulfide) groups is 1. The lowest BCUT2D eigenvalue weighted by atomic mass is 9.93. The zero-order chi connectivity index (χ0) is 15.7. The van der Waals surface area contributed by atoms with Gasteiger partial charge < -0.3 is 0 Å². The summed E-state index contributed by atoms with van der Waals surface area (Å²) in [4.78, 5) is 12.8. The zero-order valence-corrected chi connectivity index (χ0v) is 13.0. The zero-order valence-electron chi connectivity index (χ0n) is 12.2. The Labute approximate surface area is 133 Å². The summed E-state index contributed by atoms with van der Waals surface area (Å²) < 4.78 is 0. The average Bonchev–Trinajstić information content (AvgIpc) is 2.52. The molecule has 0 aliphatic carbocycles. The van der Waals surface area contributed by atoms with E-state index in [0.717, 1.165) is 16.0 Å². The first-order valence-corrected chi connectivity index (χ1v) is 7.77. The molecule has 2 aromatic carbocycles. The lowest BCUT2D eigenvalue weighted by Crippen LogP contribution is -2.02. The molecule has 2 aromatic rings. The van der Waals surface area contributed by atoms with Crippen molar-refractivity contribution in [3.63, 3.8) is 0 Å². The second-order valence-corrected chi connectivity index (χ2v) is 6.37. The minimum absolute atomic E-state index is 0.132. The number of nitro groups is 1. The summed E-state index contributed by atoms with van der Waals surface area (Å²) in [6.07, 6.45) is 0.671. The molecule has 22 heavy (non-hydrogen) atoms. The van der Waals surface area contributed by atoms with Crippen molar-refractivity contribution in [3.8, 4) is 0 Å². The third-order valence-corrected chi connectivity index (χ3v) is 4.95. The maximum absolute atomic E-state index is 10.9. The molecule has 4 heteroatoms. The number of hydrogen-bond donors (Lipinski definition) is 0. The number of nitrogens with zero attached hydrogens (tertiary/aromatic N) is 1. The largest absolute Gasteiger partial charge is 0.269 e. The summed E-state index contributed by atoms with van der Waals surface area (Å²) in [7, 11) is 0. The first-order valence-electron chi connectivity index (χ1n) is 6.96. The third-order valence-electron chi connectivity index (χ3n) is 3.82. The van der Waals surface area contributed by atoms with Gasteiger partial charge in [0.1, 0.15) is 0 Å². The summed E-state index contributed by atoms with van der Waals surface area (Å²) in [5.41, 5.74) is 4.63. The van der Waals surface area contributed by atoms with Crippen molar-refractivity contribution in [3.05, 3.63) is 86.8 Å². The van der Waals surface area contributed by atoms with E-state index < -0.39 is 0 Å². The molecule has 0 spiro atoms. The molecule has 3 nitrogen and oxygen atoms in total. The molecule has 0 fully saturated rings. The molecule has 0 radical (unpaired) electrons. The van der Waals surface area contributed by atoms with Crippen molar-refractivity contribution in [1.29, 1.82) is 0 Å². The van der Waals surface area contributed by atoms with Crippen LogP contribution in [-0.4, -0.2) is 4.92 Å². The molecule has 0 amide bonds. The highest BCUT2D eigenvalue weighted by Crippen LogP contribution is 2.44. The van der Waals surface area contributed by atoms with Crippen LogP contribution < -0.4 is 0 Å². The van der Waals surface area contributed by atoms with Gasteiger partial charge in [-0.1, -0.05) is 48.7 Å². The topological polar surface area (TPSA) is 43.1 Å².